The molecule has 0 aromatic heterocycles. The van der Waals surface area contributed by atoms with Gasteiger partial charge in [0.25, 0.3) is 0 Å². The number of ether oxygens (including phenoxy) is 1. The number of hydrogen-bond donors (Lipinski definition) is 1. The molecule has 0 unspecified atom stereocenters. The van der Waals surface area contributed by atoms with Crippen molar-refractivity contribution in [3.8, 4) is 5.75 Å². The summed E-state index contributed by atoms with van der Waals surface area (Å²) in [6.45, 7) is 3.60. The van der Waals surface area contributed by atoms with Gasteiger partial charge in [0, 0.05) is 13.6 Å². The number of nitrogens with zero attached hydrogens (tertiary/aromatic N) is 1. The van der Waals surface area contributed by atoms with Gasteiger partial charge in [-0.3, -0.25) is 0 Å². The summed E-state index contributed by atoms with van der Waals surface area (Å²) < 4.78 is 5.68. The normalized spacial score (nSPS) is 10.3. The van der Waals surface area contributed by atoms with Crippen LogP contribution < -0.4 is 15.4 Å². The lowest BCUT2D eigenvalue weighted by molar-refractivity contribution is 0.319. The van der Waals surface area contributed by atoms with Crippen LogP contribution in [0.5, 0.6) is 5.75 Å². The topological polar surface area (TPSA) is 38.5 Å². The van der Waals surface area contributed by atoms with Gasteiger partial charge in [-0.15, -0.1) is 0 Å². The van der Waals surface area contributed by atoms with Gasteiger partial charge in [0.15, 0.2) is 0 Å². The molecule has 20 heavy (non-hydrogen) atoms. The van der Waals surface area contributed by atoms with Crippen molar-refractivity contribution in [2.24, 2.45) is 0 Å². The van der Waals surface area contributed by atoms with E-state index in [2.05, 4.69) is 24.0 Å². The van der Waals surface area contributed by atoms with Crippen molar-refractivity contribution < 1.29 is 4.74 Å². The average molecular weight is 270 g/mol. The average Bonchev–Trinajstić information content (AvgIpc) is 2.47. The van der Waals surface area contributed by atoms with Crippen LogP contribution in [0.3, 0.4) is 0 Å². The van der Waals surface area contributed by atoms with Gasteiger partial charge in [-0.2, -0.15) is 0 Å². The molecule has 3 nitrogen and oxygen atoms in total. The fourth-order valence-electron chi connectivity index (χ4n) is 2.15. The second-order valence-electron chi connectivity index (χ2n) is 4.88. The van der Waals surface area contributed by atoms with Crippen LogP contribution >= 0.6 is 0 Å². The van der Waals surface area contributed by atoms with E-state index in [9.17, 15) is 0 Å². The Morgan fingerprint density at radius 3 is 2.50 bits per heavy atom. The van der Waals surface area contributed by atoms with Gasteiger partial charge < -0.3 is 15.4 Å². The van der Waals surface area contributed by atoms with Crippen LogP contribution in [-0.2, 0) is 6.54 Å². The molecule has 2 rings (SSSR count). The highest BCUT2D eigenvalue weighted by atomic mass is 16.5. The minimum Gasteiger partial charge on any atom is -0.491 e. The van der Waals surface area contributed by atoms with E-state index in [-0.39, 0.29) is 0 Å². The van der Waals surface area contributed by atoms with Crippen LogP contribution in [0.4, 0.5) is 11.4 Å². The number of rotatable bonds is 6. The third-order valence-electron chi connectivity index (χ3n) is 3.18. The van der Waals surface area contributed by atoms with E-state index in [1.54, 1.807) is 0 Å². The zero-order valence-electron chi connectivity index (χ0n) is 12.2. The monoisotopic (exact) mass is 270 g/mol. The van der Waals surface area contributed by atoms with E-state index in [1.165, 1.54) is 5.56 Å². The van der Waals surface area contributed by atoms with E-state index in [4.69, 9.17) is 10.5 Å². The molecule has 0 aliphatic carbocycles. The molecular formula is C17H22N2O. The molecule has 2 N–H and O–H groups in total. The van der Waals surface area contributed by atoms with Crippen molar-refractivity contribution in [3.05, 3.63) is 54.1 Å². The van der Waals surface area contributed by atoms with Gasteiger partial charge in [-0.1, -0.05) is 43.3 Å². The van der Waals surface area contributed by atoms with Crippen LogP contribution in [0.1, 0.15) is 18.9 Å². The second kappa shape index (κ2) is 6.85. The van der Waals surface area contributed by atoms with Crippen LogP contribution in [0.25, 0.3) is 0 Å². The van der Waals surface area contributed by atoms with Crippen LogP contribution in [0.2, 0.25) is 0 Å². The van der Waals surface area contributed by atoms with Crippen molar-refractivity contribution in [1.82, 2.24) is 0 Å². The SMILES string of the molecule is CCCOc1cccc(N(C)Cc2ccccc2)c1N. The van der Waals surface area contributed by atoms with Crippen molar-refractivity contribution in [2.75, 3.05) is 24.3 Å². The Bertz CT molecular complexity index is 540. The Balaban J connectivity index is 2.15. The van der Waals surface area contributed by atoms with Crippen molar-refractivity contribution >= 4 is 11.4 Å². The largest absolute Gasteiger partial charge is 0.491 e. The summed E-state index contributed by atoms with van der Waals surface area (Å²) >= 11 is 0. The zero-order chi connectivity index (χ0) is 14.4. The van der Waals surface area contributed by atoms with Gasteiger partial charge in [-0.05, 0) is 24.1 Å². The first-order chi connectivity index (χ1) is 9.72. The number of anilines is 2. The van der Waals surface area contributed by atoms with E-state index in [0.29, 0.717) is 12.3 Å². The zero-order valence-corrected chi connectivity index (χ0v) is 12.2. The molecule has 0 saturated heterocycles. The van der Waals surface area contributed by atoms with Crippen molar-refractivity contribution in [3.63, 3.8) is 0 Å². The molecule has 0 atom stereocenters. The fraction of sp³-hybridized carbons (Fsp3) is 0.294. The lowest BCUT2D eigenvalue weighted by Crippen LogP contribution is -2.18. The standard InChI is InChI=1S/C17H22N2O/c1-3-12-20-16-11-7-10-15(17(16)18)19(2)13-14-8-5-4-6-9-14/h4-11H,3,12-13,18H2,1-2H3. The molecule has 0 heterocycles. The van der Waals surface area contributed by atoms with Crippen molar-refractivity contribution in [2.45, 2.75) is 19.9 Å². The first kappa shape index (κ1) is 14.3. The second-order valence-corrected chi connectivity index (χ2v) is 4.88. The smallest absolute Gasteiger partial charge is 0.144 e. The Morgan fingerprint density at radius 2 is 1.80 bits per heavy atom. The molecule has 0 fully saturated rings. The van der Waals surface area contributed by atoms with E-state index < -0.39 is 0 Å². The van der Waals surface area contributed by atoms with Gasteiger partial charge in [0.1, 0.15) is 5.75 Å². The minimum absolute atomic E-state index is 0.691. The highest BCUT2D eigenvalue weighted by Crippen LogP contribution is 2.32. The summed E-state index contributed by atoms with van der Waals surface area (Å²) in [7, 11) is 2.04. The van der Waals surface area contributed by atoms with E-state index >= 15 is 0 Å². The molecule has 3 heteroatoms. The molecule has 106 valence electrons. The lowest BCUT2D eigenvalue weighted by Gasteiger charge is -2.22. The first-order valence-electron chi connectivity index (χ1n) is 6.98. The Hall–Kier alpha value is -2.16. The fourth-order valence-corrected chi connectivity index (χ4v) is 2.15. The number of para-hydroxylation sites is 1. The Morgan fingerprint density at radius 1 is 1.05 bits per heavy atom. The highest BCUT2D eigenvalue weighted by molar-refractivity contribution is 5.73. The molecular weight excluding hydrogens is 248 g/mol. The molecule has 0 aliphatic heterocycles. The molecule has 2 aromatic carbocycles. The third-order valence-corrected chi connectivity index (χ3v) is 3.18. The molecule has 0 aliphatic rings. The summed E-state index contributed by atoms with van der Waals surface area (Å²) in [4.78, 5) is 2.14. The first-order valence-corrected chi connectivity index (χ1v) is 6.98. The summed E-state index contributed by atoms with van der Waals surface area (Å²) in [5, 5.41) is 0. The maximum Gasteiger partial charge on any atom is 0.144 e. The maximum absolute atomic E-state index is 6.21. The number of nitrogen functional groups attached to an aromatic ring is 1. The highest BCUT2D eigenvalue weighted by Gasteiger charge is 2.10. The summed E-state index contributed by atoms with van der Waals surface area (Å²) in [6.07, 6.45) is 0.976. The molecule has 0 bridgehead atoms. The maximum atomic E-state index is 6.21. The van der Waals surface area contributed by atoms with Crippen LogP contribution in [0, 0.1) is 0 Å². The number of hydrogen-bond acceptors (Lipinski definition) is 3. The Labute approximate surface area is 121 Å². The quantitative estimate of drug-likeness (QED) is 0.813. The van der Waals surface area contributed by atoms with Crippen LogP contribution in [-0.4, -0.2) is 13.7 Å². The van der Waals surface area contributed by atoms with Gasteiger partial charge in [0.05, 0.1) is 18.0 Å². The van der Waals surface area contributed by atoms with Crippen LogP contribution in [0.15, 0.2) is 48.5 Å². The number of benzene rings is 2. The van der Waals surface area contributed by atoms with E-state index in [1.807, 2.05) is 43.4 Å². The molecule has 0 amide bonds. The van der Waals surface area contributed by atoms with Crippen molar-refractivity contribution in [1.29, 1.82) is 0 Å². The molecule has 2 aromatic rings. The summed E-state index contributed by atoms with van der Waals surface area (Å²) in [5.41, 5.74) is 9.18. The number of nitrogens with two attached hydrogens (primary N) is 1. The molecule has 0 spiro atoms. The van der Waals surface area contributed by atoms with Gasteiger partial charge in [-0.25, -0.2) is 0 Å². The molecule has 0 radical (unpaired) electrons. The lowest BCUT2D eigenvalue weighted by atomic mass is 10.2. The molecule has 0 saturated carbocycles. The van der Waals surface area contributed by atoms with Gasteiger partial charge >= 0.3 is 0 Å². The summed E-state index contributed by atoms with van der Waals surface area (Å²) in [6, 6.07) is 16.3. The summed E-state index contributed by atoms with van der Waals surface area (Å²) in [5.74, 6) is 0.768. The Kier molecular flexibility index (Phi) is 4.88. The predicted molar refractivity (Wildman–Crippen MR) is 85.2 cm³/mol. The minimum atomic E-state index is 0.691. The van der Waals surface area contributed by atoms with Gasteiger partial charge in [0.2, 0.25) is 0 Å². The van der Waals surface area contributed by atoms with E-state index in [0.717, 1.165) is 24.4 Å². The predicted octanol–water partition coefficient (Wildman–Crippen LogP) is 3.69. The third kappa shape index (κ3) is 3.44.